The molecule has 0 spiro atoms. The summed E-state index contributed by atoms with van der Waals surface area (Å²) in [6, 6.07) is 0.541. The Morgan fingerprint density at radius 1 is 1.14 bits per heavy atom. The largest absolute Gasteiger partial charge is 0.364 e. The standard InChI is InChI=1S/C17H26N4O/c18-17(22)15-11-19-12-16(20-15)21-10-4-7-14(21)9-8-13-5-2-1-3-6-13/h11-14H,1-10H2,(H2,18,22). The molecule has 0 bridgehead atoms. The van der Waals surface area contributed by atoms with Crippen LogP contribution in [-0.4, -0.2) is 28.5 Å². The molecule has 3 rings (SSSR count). The number of amides is 1. The van der Waals surface area contributed by atoms with E-state index in [0.29, 0.717) is 6.04 Å². The molecule has 1 atom stereocenters. The molecule has 1 aliphatic heterocycles. The molecule has 2 N–H and O–H groups in total. The summed E-state index contributed by atoms with van der Waals surface area (Å²) in [5.74, 6) is 1.22. The van der Waals surface area contributed by atoms with E-state index in [1.807, 2.05) is 0 Å². The molecule has 1 aliphatic carbocycles. The molecule has 5 heteroatoms. The first-order valence-electron chi connectivity index (χ1n) is 8.62. The summed E-state index contributed by atoms with van der Waals surface area (Å²) in [6.07, 6.45) is 15.2. The van der Waals surface area contributed by atoms with Gasteiger partial charge in [-0.25, -0.2) is 4.98 Å². The predicted octanol–water partition coefficient (Wildman–Crippen LogP) is 2.90. The van der Waals surface area contributed by atoms with Crippen LogP contribution in [0, 0.1) is 5.92 Å². The molecule has 1 saturated carbocycles. The minimum Gasteiger partial charge on any atom is -0.364 e. The third-order valence-electron chi connectivity index (χ3n) is 5.18. The van der Waals surface area contributed by atoms with Crippen molar-refractivity contribution in [2.24, 2.45) is 11.7 Å². The number of hydrogen-bond acceptors (Lipinski definition) is 4. The normalized spacial score (nSPS) is 22.9. The molecule has 120 valence electrons. The molecule has 1 saturated heterocycles. The molecule has 1 unspecified atom stereocenters. The number of carbonyl (C=O) groups excluding carboxylic acids is 1. The molecule has 1 aromatic rings. The van der Waals surface area contributed by atoms with E-state index in [2.05, 4.69) is 14.9 Å². The highest BCUT2D eigenvalue weighted by Gasteiger charge is 2.27. The van der Waals surface area contributed by atoms with Crippen molar-refractivity contribution >= 4 is 11.7 Å². The highest BCUT2D eigenvalue weighted by molar-refractivity contribution is 5.90. The van der Waals surface area contributed by atoms with Crippen LogP contribution in [0.3, 0.4) is 0 Å². The lowest BCUT2D eigenvalue weighted by atomic mass is 9.85. The van der Waals surface area contributed by atoms with E-state index in [1.165, 1.54) is 64.0 Å². The number of nitrogens with zero attached hydrogens (tertiary/aromatic N) is 3. The number of anilines is 1. The van der Waals surface area contributed by atoms with Crippen LogP contribution in [0.1, 0.15) is 68.3 Å². The van der Waals surface area contributed by atoms with Crippen LogP contribution < -0.4 is 10.6 Å². The van der Waals surface area contributed by atoms with Gasteiger partial charge in [-0.2, -0.15) is 0 Å². The van der Waals surface area contributed by atoms with Gasteiger partial charge < -0.3 is 10.6 Å². The van der Waals surface area contributed by atoms with Crippen LogP contribution in [0.15, 0.2) is 12.4 Å². The van der Waals surface area contributed by atoms with Crippen molar-refractivity contribution in [3.05, 3.63) is 18.1 Å². The van der Waals surface area contributed by atoms with Gasteiger partial charge in [0.25, 0.3) is 5.91 Å². The SMILES string of the molecule is NC(=O)c1cncc(N2CCCC2CCC2CCCCC2)n1. The van der Waals surface area contributed by atoms with E-state index in [1.54, 1.807) is 6.20 Å². The van der Waals surface area contributed by atoms with Gasteiger partial charge in [-0.1, -0.05) is 32.1 Å². The molecular formula is C17H26N4O. The summed E-state index contributed by atoms with van der Waals surface area (Å²) >= 11 is 0. The average molecular weight is 302 g/mol. The van der Waals surface area contributed by atoms with Gasteiger partial charge >= 0.3 is 0 Å². The van der Waals surface area contributed by atoms with E-state index in [-0.39, 0.29) is 5.69 Å². The van der Waals surface area contributed by atoms with Gasteiger partial charge in [0.15, 0.2) is 0 Å². The number of hydrogen-bond donors (Lipinski definition) is 1. The van der Waals surface area contributed by atoms with Crippen molar-refractivity contribution in [1.29, 1.82) is 0 Å². The lowest BCUT2D eigenvalue weighted by Gasteiger charge is -2.28. The molecule has 1 amide bonds. The van der Waals surface area contributed by atoms with Crippen molar-refractivity contribution < 1.29 is 4.79 Å². The summed E-state index contributed by atoms with van der Waals surface area (Å²) in [5, 5.41) is 0. The summed E-state index contributed by atoms with van der Waals surface area (Å²) in [5.41, 5.74) is 5.57. The van der Waals surface area contributed by atoms with Gasteiger partial charge in [0.1, 0.15) is 11.5 Å². The van der Waals surface area contributed by atoms with Crippen molar-refractivity contribution in [3.63, 3.8) is 0 Å². The summed E-state index contributed by atoms with van der Waals surface area (Å²) in [7, 11) is 0. The summed E-state index contributed by atoms with van der Waals surface area (Å²) < 4.78 is 0. The predicted molar refractivity (Wildman–Crippen MR) is 86.7 cm³/mol. The Kier molecular flexibility index (Phi) is 4.90. The average Bonchev–Trinajstić information content (AvgIpc) is 3.02. The van der Waals surface area contributed by atoms with Crippen LogP contribution in [-0.2, 0) is 0 Å². The van der Waals surface area contributed by atoms with Crippen molar-refractivity contribution in [3.8, 4) is 0 Å². The third-order valence-corrected chi connectivity index (χ3v) is 5.18. The van der Waals surface area contributed by atoms with Crippen molar-refractivity contribution in [2.45, 2.75) is 63.8 Å². The van der Waals surface area contributed by atoms with Crippen LogP contribution in [0.2, 0.25) is 0 Å². The maximum absolute atomic E-state index is 11.3. The minimum absolute atomic E-state index is 0.260. The van der Waals surface area contributed by atoms with Gasteiger partial charge in [-0.15, -0.1) is 0 Å². The maximum Gasteiger partial charge on any atom is 0.268 e. The van der Waals surface area contributed by atoms with Gasteiger partial charge in [0.2, 0.25) is 0 Å². The number of nitrogens with two attached hydrogens (primary N) is 1. The molecule has 2 aliphatic rings. The molecule has 22 heavy (non-hydrogen) atoms. The molecule has 2 fully saturated rings. The second kappa shape index (κ2) is 7.07. The fourth-order valence-corrected chi connectivity index (χ4v) is 3.95. The fourth-order valence-electron chi connectivity index (χ4n) is 3.95. The minimum atomic E-state index is -0.507. The van der Waals surface area contributed by atoms with Gasteiger partial charge in [-0.3, -0.25) is 9.78 Å². The third kappa shape index (κ3) is 3.57. The Balaban J connectivity index is 1.62. The molecule has 0 aromatic carbocycles. The highest BCUT2D eigenvalue weighted by Crippen LogP contribution is 2.32. The van der Waals surface area contributed by atoms with E-state index < -0.39 is 5.91 Å². The first kappa shape index (κ1) is 15.3. The monoisotopic (exact) mass is 302 g/mol. The van der Waals surface area contributed by atoms with Gasteiger partial charge in [0.05, 0.1) is 12.4 Å². The second-order valence-electron chi connectivity index (χ2n) is 6.70. The zero-order valence-electron chi connectivity index (χ0n) is 13.2. The molecule has 1 aromatic heterocycles. The Hall–Kier alpha value is -1.65. The Morgan fingerprint density at radius 3 is 2.73 bits per heavy atom. The van der Waals surface area contributed by atoms with Crippen LogP contribution >= 0.6 is 0 Å². The quantitative estimate of drug-likeness (QED) is 0.907. The van der Waals surface area contributed by atoms with E-state index >= 15 is 0 Å². The lowest BCUT2D eigenvalue weighted by Crippen LogP contribution is -2.31. The first-order chi connectivity index (χ1) is 10.7. The first-order valence-corrected chi connectivity index (χ1v) is 8.62. The number of carbonyl (C=O) groups is 1. The van der Waals surface area contributed by atoms with Crippen LogP contribution in [0.25, 0.3) is 0 Å². The smallest absolute Gasteiger partial charge is 0.268 e. The van der Waals surface area contributed by atoms with Crippen LogP contribution in [0.4, 0.5) is 5.82 Å². The second-order valence-corrected chi connectivity index (χ2v) is 6.70. The number of aromatic nitrogens is 2. The van der Waals surface area contributed by atoms with E-state index in [4.69, 9.17) is 5.73 Å². The number of rotatable bonds is 5. The molecule has 0 radical (unpaired) electrons. The zero-order chi connectivity index (χ0) is 15.4. The van der Waals surface area contributed by atoms with Crippen molar-refractivity contribution in [2.75, 3.05) is 11.4 Å². The fraction of sp³-hybridized carbons (Fsp3) is 0.706. The maximum atomic E-state index is 11.3. The molecule has 2 heterocycles. The zero-order valence-corrected chi connectivity index (χ0v) is 13.2. The lowest BCUT2D eigenvalue weighted by molar-refractivity contribution is 0.0995. The molecule has 5 nitrogen and oxygen atoms in total. The Bertz CT molecular complexity index is 513. The highest BCUT2D eigenvalue weighted by atomic mass is 16.1. The van der Waals surface area contributed by atoms with Crippen LogP contribution in [0.5, 0.6) is 0 Å². The Morgan fingerprint density at radius 2 is 1.95 bits per heavy atom. The summed E-state index contributed by atoms with van der Waals surface area (Å²) in [6.45, 7) is 1.01. The topological polar surface area (TPSA) is 72.1 Å². The van der Waals surface area contributed by atoms with E-state index in [0.717, 1.165) is 18.3 Å². The van der Waals surface area contributed by atoms with E-state index in [9.17, 15) is 4.79 Å². The van der Waals surface area contributed by atoms with Crippen molar-refractivity contribution in [1.82, 2.24) is 9.97 Å². The number of primary amides is 1. The molecular weight excluding hydrogens is 276 g/mol. The summed E-state index contributed by atoms with van der Waals surface area (Å²) in [4.78, 5) is 22.1. The Labute approximate surface area is 132 Å². The van der Waals surface area contributed by atoms with Gasteiger partial charge in [0, 0.05) is 12.6 Å². The van der Waals surface area contributed by atoms with Gasteiger partial charge in [-0.05, 0) is 31.6 Å².